The smallest absolute Gasteiger partial charge is 0.278 e. The van der Waals surface area contributed by atoms with Crippen molar-refractivity contribution in [2.24, 2.45) is 0 Å². The van der Waals surface area contributed by atoms with Crippen LogP contribution in [-0.2, 0) is 11.4 Å². The quantitative estimate of drug-likeness (QED) is 0.809. The molecule has 1 rings (SSSR count). The summed E-state index contributed by atoms with van der Waals surface area (Å²) in [4.78, 5) is 4.08. The molecular formula is C15H24F2N2O2S. The van der Waals surface area contributed by atoms with Crippen molar-refractivity contribution in [1.82, 2.24) is 9.71 Å². The highest BCUT2D eigenvalue weighted by molar-refractivity contribution is 7.90. The van der Waals surface area contributed by atoms with Crippen LogP contribution in [0.4, 0.5) is 8.78 Å². The fourth-order valence-corrected chi connectivity index (χ4v) is 2.38. The lowest BCUT2D eigenvalue weighted by molar-refractivity contribution is -0.0244. The van der Waals surface area contributed by atoms with Crippen LogP contribution in [0, 0.1) is 6.92 Å². The minimum Gasteiger partial charge on any atom is -0.598 e. The van der Waals surface area contributed by atoms with Gasteiger partial charge in [0.1, 0.15) is 4.75 Å². The summed E-state index contributed by atoms with van der Waals surface area (Å²) in [5, 5.41) is 0. The maximum Gasteiger partial charge on any atom is 0.278 e. The molecule has 0 fully saturated rings. The van der Waals surface area contributed by atoms with Gasteiger partial charge in [0.15, 0.2) is 6.61 Å². The SMILES string of the molecule is Cc1cc(C(C)N[S@+]([O-])C(C)(C)C)cnc1OCC(C)(F)F. The molecule has 1 heterocycles. The first-order valence-corrected chi connectivity index (χ1v) is 8.20. The molecule has 0 spiro atoms. The Morgan fingerprint density at radius 3 is 2.41 bits per heavy atom. The second kappa shape index (κ2) is 7.10. The van der Waals surface area contributed by atoms with E-state index in [0.717, 1.165) is 12.5 Å². The molecule has 0 saturated heterocycles. The average molecular weight is 334 g/mol. The highest BCUT2D eigenvalue weighted by Crippen LogP contribution is 2.24. The first-order chi connectivity index (χ1) is 9.90. The van der Waals surface area contributed by atoms with Crippen LogP contribution in [0.1, 0.15) is 51.8 Å². The van der Waals surface area contributed by atoms with Gasteiger partial charge in [-0.3, -0.25) is 0 Å². The van der Waals surface area contributed by atoms with E-state index >= 15 is 0 Å². The number of hydrogen-bond acceptors (Lipinski definition) is 4. The Morgan fingerprint density at radius 2 is 1.95 bits per heavy atom. The molecule has 7 heteroatoms. The molecule has 0 saturated carbocycles. The molecule has 0 aliphatic carbocycles. The molecule has 0 aromatic carbocycles. The zero-order valence-electron chi connectivity index (χ0n) is 13.9. The van der Waals surface area contributed by atoms with Gasteiger partial charge in [-0.2, -0.15) is 0 Å². The van der Waals surface area contributed by atoms with E-state index in [2.05, 4.69) is 9.71 Å². The number of hydrogen-bond donors (Lipinski definition) is 1. The zero-order valence-corrected chi connectivity index (χ0v) is 14.7. The first kappa shape index (κ1) is 19.1. The normalized spacial score (nSPS) is 15.5. The highest BCUT2D eigenvalue weighted by Gasteiger charge is 2.28. The van der Waals surface area contributed by atoms with Crippen LogP contribution in [0.3, 0.4) is 0 Å². The Bertz CT molecular complexity index is 501. The van der Waals surface area contributed by atoms with Crippen molar-refractivity contribution in [1.29, 1.82) is 0 Å². The van der Waals surface area contributed by atoms with Crippen LogP contribution in [0.2, 0.25) is 0 Å². The Labute approximate surface area is 134 Å². The lowest BCUT2D eigenvalue weighted by Crippen LogP contribution is -2.40. The predicted octanol–water partition coefficient (Wildman–Crippen LogP) is 3.54. The molecule has 0 aliphatic rings. The van der Waals surface area contributed by atoms with Crippen LogP contribution in [0.5, 0.6) is 5.88 Å². The van der Waals surface area contributed by atoms with Crippen molar-refractivity contribution in [3.8, 4) is 5.88 Å². The van der Waals surface area contributed by atoms with E-state index in [9.17, 15) is 13.3 Å². The number of rotatable bonds is 6. The van der Waals surface area contributed by atoms with Crippen LogP contribution in [0.25, 0.3) is 0 Å². The summed E-state index contributed by atoms with van der Waals surface area (Å²) in [5.74, 6) is -2.71. The number of halogens is 2. The Hall–Kier alpha value is -0.920. The molecule has 126 valence electrons. The number of alkyl halides is 2. The Kier molecular flexibility index (Phi) is 6.18. The largest absolute Gasteiger partial charge is 0.598 e. The van der Waals surface area contributed by atoms with Gasteiger partial charge in [-0.25, -0.2) is 13.8 Å². The third kappa shape index (κ3) is 6.06. The lowest BCUT2D eigenvalue weighted by atomic mass is 10.1. The van der Waals surface area contributed by atoms with E-state index in [-0.39, 0.29) is 16.7 Å². The summed E-state index contributed by atoms with van der Waals surface area (Å²) in [6.45, 7) is 9.36. The second-order valence-corrected chi connectivity index (χ2v) is 8.47. The van der Waals surface area contributed by atoms with Gasteiger partial charge in [0.2, 0.25) is 5.88 Å². The number of nitrogens with zero attached hydrogens (tertiary/aromatic N) is 1. The fourth-order valence-electron chi connectivity index (χ4n) is 1.57. The monoisotopic (exact) mass is 334 g/mol. The number of aryl methyl sites for hydroxylation is 1. The Morgan fingerprint density at radius 1 is 1.36 bits per heavy atom. The van der Waals surface area contributed by atoms with E-state index in [1.54, 1.807) is 19.2 Å². The van der Waals surface area contributed by atoms with Gasteiger partial charge in [-0.15, -0.1) is 4.72 Å². The van der Waals surface area contributed by atoms with E-state index in [4.69, 9.17) is 4.74 Å². The van der Waals surface area contributed by atoms with E-state index < -0.39 is 23.9 Å². The molecule has 22 heavy (non-hydrogen) atoms. The molecule has 0 amide bonds. The van der Waals surface area contributed by atoms with Crippen LogP contribution in [-0.4, -0.2) is 26.8 Å². The van der Waals surface area contributed by atoms with E-state index in [1.165, 1.54) is 0 Å². The molecule has 1 N–H and O–H groups in total. The molecule has 0 radical (unpaired) electrons. The van der Waals surface area contributed by atoms with Gasteiger partial charge < -0.3 is 9.29 Å². The Balaban J connectivity index is 2.76. The summed E-state index contributed by atoms with van der Waals surface area (Å²) in [5.41, 5.74) is 1.49. The molecule has 2 atom stereocenters. The predicted molar refractivity (Wildman–Crippen MR) is 84.5 cm³/mol. The van der Waals surface area contributed by atoms with Crippen molar-refractivity contribution in [2.45, 2.75) is 58.3 Å². The van der Waals surface area contributed by atoms with Gasteiger partial charge >= 0.3 is 0 Å². The molecule has 0 bridgehead atoms. The van der Waals surface area contributed by atoms with Crippen molar-refractivity contribution < 1.29 is 18.1 Å². The van der Waals surface area contributed by atoms with Gasteiger partial charge in [0, 0.05) is 30.0 Å². The summed E-state index contributed by atoms with van der Waals surface area (Å²) in [7, 11) is 0. The van der Waals surface area contributed by atoms with Gasteiger partial charge in [0.25, 0.3) is 5.92 Å². The van der Waals surface area contributed by atoms with Crippen LogP contribution < -0.4 is 9.46 Å². The van der Waals surface area contributed by atoms with Gasteiger partial charge in [-0.1, -0.05) is 0 Å². The van der Waals surface area contributed by atoms with Crippen LogP contribution in [0.15, 0.2) is 12.3 Å². The molecule has 1 aromatic heterocycles. The summed E-state index contributed by atoms with van der Waals surface area (Å²) in [6, 6.07) is 1.63. The molecule has 1 aromatic rings. The molecule has 4 nitrogen and oxygen atoms in total. The molecular weight excluding hydrogens is 310 g/mol. The average Bonchev–Trinajstić information content (AvgIpc) is 2.34. The standard InChI is InChI=1S/C15H24F2N2O2S/c1-10-7-12(11(2)19-22(20)14(3,4)5)8-18-13(10)21-9-15(6,16)17/h7-8,11,19H,9H2,1-6H3/t11?,22-/m1/s1. The van der Waals surface area contributed by atoms with Gasteiger partial charge in [0.05, 0.1) is 6.04 Å². The number of nitrogens with one attached hydrogen (secondary N) is 1. The number of aromatic nitrogens is 1. The first-order valence-electron chi connectivity index (χ1n) is 7.05. The van der Waals surface area contributed by atoms with Crippen molar-refractivity contribution in [2.75, 3.05) is 6.61 Å². The third-order valence-corrected chi connectivity index (χ3v) is 4.53. The highest BCUT2D eigenvalue weighted by atomic mass is 32.2. The van der Waals surface area contributed by atoms with Crippen molar-refractivity contribution in [3.63, 3.8) is 0 Å². The maximum absolute atomic E-state index is 12.8. The molecule has 0 aliphatic heterocycles. The summed E-state index contributed by atoms with van der Waals surface area (Å²) < 4.78 is 45.4. The third-order valence-electron chi connectivity index (χ3n) is 2.85. The number of pyridine rings is 1. The second-order valence-electron chi connectivity index (χ2n) is 6.47. The summed E-state index contributed by atoms with van der Waals surface area (Å²) in [6.07, 6.45) is 1.55. The lowest BCUT2D eigenvalue weighted by Gasteiger charge is -2.26. The topological polar surface area (TPSA) is 57.2 Å². The van der Waals surface area contributed by atoms with Crippen molar-refractivity contribution >= 4 is 11.4 Å². The maximum atomic E-state index is 12.8. The van der Waals surface area contributed by atoms with Crippen molar-refractivity contribution in [3.05, 3.63) is 23.4 Å². The van der Waals surface area contributed by atoms with E-state index in [0.29, 0.717) is 5.56 Å². The molecule has 1 unspecified atom stereocenters. The minimum atomic E-state index is -2.90. The fraction of sp³-hybridized carbons (Fsp3) is 0.667. The van der Waals surface area contributed by atoms with E-state index in [1.807, 2.05) is 27.7 Å². The zero-order chi connectivity index (χ0) is 17.1. The minimum absolute atomic E-state index is 0.173. The number of ether oxygens (including phenoxy) is 1. The van der Waals surface area contributed by atoms with Crippen LogP contribution >= 0.6 is 0 Å². The van der Waals surface area contributed by atoms with Gasteiger partial charge in [-0.05, 0) is 46.2 Å². The summed E-state index contributed by atoms with van der Waals surface area (Å²) >= 11 is -1.20.